The first-order valence-electron chi connectivity index (χ1n) is 11.5. The van der Waals surface area contributed by atoms with Crippen molar-refractivity contribution < 1.29 is 28.2 Å². The van der Waals surface area contributed by atoms with E-state index in [0.717, 1.165) is 0 Å². The summed E-state index contributed by atoms with van der Waals surface area (Å²) in [5, 5.41) is 2.87. The highest BCUT2D eigenvalue weighted by molar-refractivity contribution is 7.09. The Hall–Kier alpha value is -4.19. The number of amides is 3. The molecule has 0 radical (unpaired) electrons. The number of nitrogens with zero attached hydrogens (tertiary/aromatic N) is 2. The zero-order valence-electron chi connectivity index (χ0n) is 20.2. The highest BCUT2D eigenvalue weighted by atomic mass is 32.1. The number of hydrogen-bond acceptors (Lipinski definition) is 8. The van der Waals surface area contributed by atoms with E-state index in [1.165, 1.54) is 29.2 Å². The van der Waals surface area contributed by atoms with Crippen molar-refractivity contribution in [3.8, 4) is 11.5 Å². The van der Waals surface area contributed by atoms with Crippen molar-refractivity contribution in [2.24, 2.45) is 11.7 Å². The summed E-state index contributed by atoms with van der Waals surface area (Å²) in [6.07, 6.45) is 0.712. The van der Waals surface area contributed by atoms with Crippen LogP contribution in [0, 0.1) is 11.7 Å². The second kappa shape index (κ2) is 10.8. The molecular weight excluding hydrogens is 501 g/mol. The van der Waals surface area contributed by atoms with Crippen LogP contribution in [-0.2, 0) is 4.79 Å². The third kappa shape index (κ3) is 5.48. The van der Waals surface area contributed by atoms with Gasteiger partial charge in [-0.15, -0.1) is 0 Å². The van der Waals surface area contributed by atoms with Crippen LogP contribution in [-0.4, -0.2) is 35.4 Å². The predicted molar refractivity (Wildman–Crippen MR) is 136 cm³/mol. The van der Waals surface area contributed by atoms with Gasteiger partial charge in [0.1, 0.15) is 16.7 Å². The summed E-state index contributed by atoms with van der Waals surface area (Å²) in [6.45, 7) is 4.42. The topological polar surface area (TPSA) is 150 Å². The van der Waals surface area contributed by atoms with Crippen LogP contribution < -0.4 is 31.2 Å². The van der Waals surface area contributed by atoms with E-state index in [4.69, 9.17) is 20.9 Å². The van der Waals surface area contributed by atoms with Gasteiger partial charge in [-0.1, -0.05) is 26.0 Å². The van der Waals surface area contributed by atoms with E-state index in [1.54, 1.807) is 18.2 Å². The van der Waals surface area contributed by atoms with Crippen molar-refractivity contribution in [1.29, 1.82) is 0 Å². The second-order valence-electron chi connectivity index (χ2n) is 8.78. The number of aromatic nitrogens is 1. The summed E-state index contributed by atoms with van der Waals surface area (Å²) in [5.41, 5.74) is 11.6. The Morgan fingerprint density at radius 2 is 1.84 bits per heavy atom. The van der Waals surface area contributed by atoms with Crippen LogP contribution in [0.1, 0.15) is 52.0 Å². The molecule has 194 valence electrons. The quantitative estimate of drug-likeness (QED) is 0.387. The van der Waals surface area contributed by atoms with E-state index in [9.17, 15) is 18.8 Å². The molecule has 1 aliphatic rings. The summed E-state index contributed by atoms with van der Waals surface area (Å²) in [5.74, 6) is -1.38. The number of nitrogens with one attached hydrogen (secondary N) is 1. The molecule has 1 aliphatic heterocycles. The number of carbonyl (C=O) groups is 3. The second-order valence-corrected chi connectivity index (χ2v) is 9.55. The van der Waals surface area contributed by atoms with E-state index in [0.29, 0.717) is 47.5 Å². The van der Waals surface area contributed by atoms with Crippen LogP contribution in [0.2, 0.25) is 0 Å². The number of hydrogen-bond donors (Lipinski definition) is 3. The van der Waals surface area contributed by atoms with Crippen molar-refractivity contribution in [2.45, 2.75) is 26.3 Å². The fourth-order valence-electron chi connectivity index (χ4n) is 3.80. The molecule has 5 N–H and O–H groups in total. The van der Waals surface area contributed by atoms with E-state index in [2.05, 4.69) is 9.69 Å². The number of primary amides is 1. The molecule has 0 saturated heterocycles. The third-order valence-electron chi connectivity index (χ3n) is 5.72. The Balaban J connectivity index is 1.84. The Morgan fingerprint density at radius 3 is 2.49 bits per heavy atom. The normalized spacial score (nSPS) is 12.9. The molecule has 3 amide bonds. The molecule has 10 nitrogen and oxygen atoms in total. The molecule has 0 aliphatic carbocycles. The number of anilines is 2. The van der Waals surface area contributed by atoms with Crippen LogP contribution in [0.4, 0.5) is 15.8 Å². The van der Waals surface area contributed by atoms with E-state index in [-0.39, 0.29) is 28.7 Å². The van der Waals surface area contributed by atoms with Gasteiger partial charge in [-0.2, -0.15) is 4.37 Å². The zero-order valence-corrected chi connectivity index (χ0v) is 21.0. The first-order chi connectivity index (χ1) is 17.7. The first-order valence-corrected chi connectivity index (χ1v) is 12.3. The Morgan fingerprint density at radius 1 is 1.14 bits per heavy atom. The lowest BCUT2D eigenvalue weighted by molar-refractivity contribution is -0.122. The van der Waals surface area contributed by atoms with Gasteiger partial charge in [0.05, 0.1) is 5.69 Å². The maximum atomic E-state index is 14.0. The van der Waals surface area contributed by atoms with Crippen LogP contribution in [0.5, 0.6) is 11.5 Å². The van der Waals surface area contributed by atoms with E-state index in [1.807, 2.05) is 13.8 Å². The number of nitrogen functional groups attached to an aromatic ring is 1. The maximum absolute atomic E-state index is 14.0. The SMILES string of the molecule is CC(C)CCNC(=O)[C@@H](c1ccc(F)cc1)N(C(=O)c1snc(C(N)=O)c1N)c1ccc2c(c1)OCO2. The summed E-state index contributed by atoms with van der Waals surface area (Å²) < 4.78 is 28.6. The molecule has 4 rings (SSSR count). The molecule has 0 fully saturated rings. The monoisotopic (exact) mass is 527 g/mol. The van der Waals surface area contributed by atoms with Gasteiger partial charge in [-0.3, -0.25) is 19.3 Å². The van der Waals surface area contributed by atoms with Crippen molar-refractivity contribution in [3.63, 3.8) is 0 Å². The molecule has 0 bridgehead atoms. The molecule has 0 unspecified atom stereocenters. The maximum Gasteiger partial charge on any atom is 0.273 e. The summed E-state index contributed by atoms with van der Waals surface area (Å²) in [4.78, 5) is 40.5. The van der Waals surface area contributed by atoms with Crippen LogP contribution in [0.25, 0.3) is 0 Å². The fraction of sp³-hybridized carbons (Fsp3) is 0.280. The number of fused-ring (bicyclic) bond motifs is 1. The highest BCUT2D eigenvalue weighted by Crippen LogP contribution is 2.39. The van der Waals surface area contributed by atoms with Gasteiger partial charge in [0.2, 0.25) is 12.7 Å². The molecule has 37 heavy (non-hydrogen) atoms. The molecule has 0 saturated carbocycles. The number of rotatable bonds is 9. The highest BCUT2D eigenvalue weighted by Gasteiger charge is 2.36. The molecule has 0 spiro atoms. The average molecular weight is 528 g/mol. The molecular formula is C25H26FN5O5S. The van der Waals surface area contributed by atoms with Gasteiger partial charge in [0, 0.05) is 18.3 Å². The van der Waals surface area contributed by atoms with Crippen LogP contribution in [0.15, 0.2) is 42.5 Å². The zero-order chi connectivity index (χ0) is 26.7. The van der Waals surface area contributed by atoms with Gasteiger partial charge in [-0.05, 0) is 53.7 Å². The average Bonchev–Trinajstić information content (AvgIpc) is 3.48. The molecule has 2 heterocycles. The minimum atomic E-state index is -1.22. The first kappa shape index (κ1) is 25.9. The van der Waals surface area contributed by atoms with Crippen molar-refractivity contribution >= 4 is 40.6 Å². The molecule has 3 aromatic rings. The number of carbonyl (C=O) groups excluding carboxylic acids is 3. The minimum Gasteiger partial charge on any atom is -0.454 e. The van der Waals surface area contributed by atoms with Crippen LogP contribution >= 0.6 is 11.5 Å². The smallest absolute Gasteiger partial charge is 0.273 e. The van der Waals surface area contributed by atoms with Gasteiger partial charge in [0.15, 0.2) is 17.2 Å². The van der Waals surface area contributed by atoms with Gasteiger partial charge >= 0.3 is 0 Å². The Labute approximate surface area is 216 Å². The van der Waals surface area contributed by atoms with E-state index >= 15 is 0 Å². The predicted octanol–water partition coefficient (Wildman–Crippen LogP) is 3.24. The molecule has 1 aromatic heterocycles. The van der Waals surface area contributed by atoms with E-state index < -0.39 is 29.6 Å². The number of benzene rings is 2. The molecule has 1 atom stereocenters. The van der Waals surface area contributed by atoms with Crippen molar-refractivity contribution in [3.05, 3.63) is 64.4 Å². The number of halogens is 1. The lowest BCUT2D eigenvalue weighted by Crippen LogP contribution is -2.44. The number of nitrogens with two attached hydrogens (primary N) is 2. The lowest BCUT2D eigenvalue weighted by Gasteiger charge is -2.31. The van der Waals surface area contributed by atoms with Crippen molar-refractivity contribution in [1.82, 2.24) is 9.69 Å². The number of ether oxygens (including phenoxy) is 2. The van der Waals surface area contributed by atoms with Gasteiger partial charge in [0.25, 0.3) is 11.8 Å². The molecule has 12 heteroatoms. The largest absolute Gasteiger partial charge is 0.454 e. The Kier molecular flexibility index (Phi) is 7.58. The standard InChI is InChI=1S/C25H26FN5O5S/c1-13(2)9-10-29-24(33)21(14-3-5-15(26)6-4-14)31(16-7-8-17-18(11-16)36-12-35-17)25(34)22-19(27)20(23(28)32)30-37-22/h3-8,11,13,21H,9-10,12,27H2,1-2H3,(H2,28,32)(H,29,33)/t21-/m1/s1. The summed E-state index contributed by atoms with van der Waals surface area (Å²) in [6, 6.07) is 8.82. The third-order valence-corrected chi connectivity index (χ3v) is 6.57. The van der Waals surface area contributed by atoms with Crippen molar-refractivity contribution in [2.75, 3.05) is 24.0 Å². The molecule has 2 aromatic carbocycles. The Bertz CT molecular complexity index is 1330. The minimum absolute atomic E-state index is 0.00752. The lowest BCUT2D eigenvalue weighted by atomic mass is 10.0. The summed E-state index contributed by atoms with van der Waals surface area (Å²) >= 11 is 0.695. The van der Waals surface area contributed by atoms with Gasteiger partial charge in [-0.25, -0.2) is 4.39 Å². The van der Waals surface area contributed by atoms with Crippen LogP contribution in [0.3, 0.4) is 0 Å². The van der Waals surface area contributed by atoms with Gasteiger partial charge < -0.3 is 26.3 Å². The summed E-state index contributed by atoms with van der Waals surface area (Å²) in [7, 11) is 0. The fourth-order valence-corrected chi connectivity index (χ4v) is 4.54.